The number of rotatable bonds is 3. The first kappa shape index (κ1) is 11.6. The van der Waals surface area contributed by atoms with E-state index in [-0.39, 0.29) is 0 Å². The Balaban J connectivity index is 2.13. The van der Waals surface area contributed by atoms with Crippen LogP contribution in [0.15, 0.2) is 12.3 Å². The lowest BCUT2D eigenvalue weighted by Crippen LogP contribution is -2.38. The van der Waals surface area contributed by atoms with Gasteiger partial charge in [0.05, 0.1) is 0 Å². The molecule has 0 radical (unpaired) electrons. The molecule has 1 aliphatic rings. The first-order chi connectivity index (χ1) is 7.66. The monoisotopic (exact) mass is 240 g/mol. The molecule has 2 heterocycles. The van der Waals surface area contributed by atoms with Gasteiger partial charge in [-0.15, -0.1) is 0 Å². The Labute approximate surface area is 101 Å². The summed E-state index contributed by atoms with van der Waals surface area (Å²) in [5.41, 5.74) is 0. The molecule has 0 aromatic carbocycles. The van der Waals surface area contributed by atoms with E-state index in [1.165, 1.54) is 12.8 Å². The van der Waals surface area contributed by atoms with Crippen LogP contribution in [0, 0.1) is 0 Å². The van der Waals surface area contributed by atoms with Gasteiger partial charge in [-0.1, -0.05) is 0 Å². The van der Waals surface area contributed by atoms with Gasteiger partial charge in [0, 0.05) is 25.3 Å². The van der Waals surface area contributed by atoms with Gasteiger partial charge in [-0.25, -0.2) is 9.97 Å². The van der Waals surface area contributed by atoms with Crippen molar-refractivity contribution >= 4 is 17.4 Å². The van der Waals surface area contributed by atoms with Crippen LogP contribution in [0.1, 0.15) is 12.8 Å². The minimum Gasteiger partial charge on any atom is -0.352 e. The summed E-state index contributed by atoms with van der Waals surface area (Å²) in [5, 5.41) is 0.327. The summed E-state index contributed by atoms with van der Waals surface area (Å²) in [7, 11) is 4.20. The molecule has 1 fully saturated rings. The molecule has 1 saturated heterocycles. The smallest absolute Gasteiger partial charge is 0.224 e. The summed E-state index contributed by atoms with van der Waals surface area (Å²) in [5.74, 6) is 0.948. The van der Waals surface area contributed by atoms with Crippen LogP contribution in [0.3, 0.4) is 0 Å². The summed E-state index contributed by atoms with van der Waals surface area (Å²) >= 11 is 5.82. The maximum Gasteiger partial charge on any atom is 0.224 e. The molecule has 1 atom stereocenters. The fourth-order valence-corrected chi connectivity index (χ4v) is 2.38. The predicted molar refractivity (Wildman–Crippen MR) is 66.0 cm³/mol. The van der Waals surface area contributed by atoms with E-state index in [1.54, 1.807) is 6.20 Å². The van der Waals surface area contributed by atoms with E-state index in [9.17, 15) is 0 Å². The SMILES string of the molecule is CN(C)CC1CCCN1c1ccnc(Cl)n1. The van der Waals surface area contributed by atoms with E-state index in [4.69, 9.17) is 11.6 Å². The minimum atomic E-state index is 0.327. The summed E-state index contributed by atoms with van der Waals surface area (Å²) in [6.45, 7) is 2.12. The Hall–Kier alpha value is -0.870. The fraction of sp³-hybridized carbons (Fsp3) is 0.636. The lowest BCUT2D eigenvalue weighted by molar-refractivity contribution is 0.371. The van der Waals surface area contributed by atoms with Crippen LogP contribution in [-0.4, -0.2) is 48.1 Å². The van der Waals surface area contributed by atoms with Gasteiger partial charge in [0.2, 0.25) is 5.28 Å². The van der Waals surface area contributed by atoms with Crippen LogP contribution < -0.4 is 4.90 Å². The average Bonchev–Trinajstić information content (AvgIpc) is 2.65. The molecular formula is C11H17ClN4. The zero-order valence-electron chi connectivity index (χ0n) is 9.73. The molecule has 4 nitrogen and oxygen atoms in total. The second kappa shape index (κ2) is 4.97. The fourth-order valence-electron chi connectivity index (χ4n) is 2.23. The van der Waals surface area contributed by atoms with E-state index in [0.717, 1.165) is 18.9 Å². The van der Waals surface area contributed by atoms with Gasteiger partial charge >= 0.3 is 0 Å². The second-order valence-corrected chi connectivity index (χ2v) is 4.77. The third-order valence-electron chi connectivity index (χ3n) is 2.86. The lowest BCUT2D eigenvalue weighted by atomic mass is 10.2. The number of anilines is 1. The maximum atomic E-state index is 5.82. The Morgan fingerprint density at radius 2 is 2.38 bits per heavy atom. The molecule has 16 heavy (non-hydrogen) atoms. The predicted octanol–water partition coefficient (Wildman–Crippen LogP) is 1.66. The Bertz CT molecular complexity index is 356. The van der Waals surface area contributed by atoms with Crippen molar-refractivity contribution in [1.82, 2.24) is 14.9 Å². The van der Waals surface area contributed by atoms with Gasteiger partial charge < -0.3 is 9.80 Å². The van der Waals surface area contributed by atoms with Gasteiger partial charge in [-0.3, -0.25) is 0 Å². The van der Waals surface area contributed by atoms with E-state index in [1.807, 2.05) is 6.07 Å². The van der Waals surface area contributed by atoms with E-state index in [0.29, 0.717) is 11.3 Å². The standard InChI is InChI=1S/C11H17ClN4/c1-15(2)8-9-4-3-7-16(9)10-5-6-13-11(12)14-10/h5-6,9H,3-4,7-8H2,1-2H3. The maximum absolute atomic E-state index is 5.82. The summed E-state index contributed by atoms with van der Waals surface area (Å²) in [4.78, 5) is 12.7. The van der Waals surface area contributed by atoms with Crippen molar-refractivity contribution in [2.24, 2.45) is 0 Å². The molecular weight excluding hydrogens is 224 g/mol. The van der Waals surface area contributed by atoms with Crippen molar-refractivity contribution in [1.29, 1.82) is 0 Å². The molecule has 0 spiro atoms. The molecule has 0 saturated carbocycles. The zero-order chi connectivity index (χ0) is 11.5. The number of aromatic nitrogens is 2. The first-order valence-corrected chi connectivity index (χ1v) is 5.94. The average molecular weight is 241 g/mol. The largest absolute Gasteiger partial charge is 0.352 e. The highest BCUT2D eigenvalue weighted by Crippen LogP contribution is 2.24. The Morgan fingerprint density at radius 1 is 1.56 bits per heavy atom. The molecule has 0 N–H and O–H groups in total. The van der Waals surface area contributed by atoms with Crippen molar-refractivity contribution < 1.29 is 0 Å². The van der Waals surface area contributed by atoms with Gasteiger partial charge in [-0.2, -0.15) is 0 Å². The third-order valence-corrected chi connectivity index (χ3v) is 3.04. The Kier molecular flexibility index (Phi) is 3.61. The summed E-state index contributed by atoms with van der Waals surface area (Å²) in [6, 6.07) is 2.47. The van der Waals surface area contributed by atoms with Crippen LogP contribution >= 0.6 is 11.6 Å². The van der Waals surface area contributed by atoms with Crippen LogP contribution in [0.5, 0.6) is 0 Å². The molecule has 5 heteroatoms. The molecule has 2 rings (SSSR count). The van der Waals surface area contributed by atoms with E-state index >= 15 is 0 Å². The third kappa shape index (κ3) is 2.62. The van der Waals surface area contributed by atoms with Crippen LogP contribution in [0.4, 0.5) is 5.82 Å². The molecule has 1 aromatic rings. The number of nitrogens with zero attached hydrogens (tertiary/aromatic N) is 4. The Morgan fingerprint density at radius 3 is 3.06 bits per heavy atom. The molecule has 0 amide bonds. The quantitative estimate of drug-likeness (QED) is 0.753. The normalized spacial score (nSPS) is 20.8. The highest BCUT2D eigenvalue weighted by molar-refractivity contribution is 6.28. The number of hydrogen-bond donors (Lipinski definition) is 0. The highest BCUT2D eigenvalue weighted by atomic mass is 35.5. The second-order valence-electron chi connectivity index (χ2n) is 4.44. The summed E-state index contributed by atoms with van der Waals surface area (Å²) in [6.07, 6.45) is 4.16. The summed E-state index contributed by atoms with van der Waals surface area (Å²) < 4.78 is 0. The topological polar surface area (TPSA) is 32.3 Å². The minimum absolute atomic E-state index is 0.327. The van der Waals surface area contributed by atoms with Crippen molar-refractivity contribution in [2.75, 3.05) is 32.1 Å². The molecule has 1 unspecified atom stereocenters. The van der Waals surface area contributed by atoms with Gasteiger partial charge in [-0.05, 0) is 44.6 Å². The number of halogens is 1. The van der Waals surface area contributed by atoms with Crippen molar-refractivity contribution in [3.8, 4) is 0 Å². The highest BCUT2D eigenvalue weighted by Gasteiger charge is 2.26. The molecule has 1 aromatic heterocycles. The van der Waals surface area contributed by atoms with Crippen LogP contribution in [-0.2, 0) is 0 Å². The van der Waals surface area contributed by atoms with Crippen molar-refractivity contribution in [2.45, 2.75) is 18.9 Å². The van der Waals surface area contributed by atoms with E-state index < -0.39 is 0 Å². The molecule has 1 aliphatic heterocycles. The van der Waals surface area contributed by atoms with Gasteiger partial charge in [0.1, 0.15) is 5.82 Å². The van der Waals surface area contributed by atoms with Crippen molar-refractivity contribution in [3.05, 3.63) is 17.5 Å². The van der Waals surface area contributed by atoms with Gasteiger partial charge in [0.15, 0.2) is 0 Å². The molecule has 88 valence electrons. The van der Waals surface area contributed by atoms with Gasteiger partial charge in [0.25, 0.3) is 0 Å². The molecule has 0 aliphatic carbocycles. The van der Waals surface area contributed by atoms with E-state index in [2.05, 4.69) is 33.9 Å². The molecule has 0 bridgehead atoms. The first-order valence-electron chi connectivity index (χ1n) is 5.57. The van der Waals surface area contributed by atoms with Crippen molar-refractivity contribution in [3.63, 3.8) is 0 Å². The number of hydrogen-bond acceptors (Lipinski definition) is 4. The van der Waals surface area contributed by atoms with Crippen LogP contribution in [0.2, 0.25) is 5.28 Å². The lowest BCUT2D eigenvalue weighted by Gasteiger charge is -2.27. The number of likely N-dealkylation sites (N-methyl/N-ethyl adjacent to an activating group) is 1. The van der Waals surface area contributed by atoms with Crippen LogP contribution in [0.25, 0.3) is 0 Å². The zero-order valence-corrected chi connectivity index (χ0v) is 10.5.